The number of hydrogen-bond acceptors (Lipinski definition) is 2. The minimum Gasteiger partial charge on any atom is -0.357 e. The molecular formula is C10H21N3S. The molecule has 0 aromatic carbocycles. The number of rotatable bonds is 7. The maximum Gasteiger partial charge on any atom is 0.191 e. The second-order valence-corrected chi connectivity index (χ2v) is 3.80. The van der Waals surface area contributed by atoms with E-state index in [1.54, 1.807) is 0 Å². The molecule has 0 unspecified atom stereocenters. The summed E-state index contributed by atoms with van der Waals surface area (Å²) < 4.78 is 0. The van der Waals surface area contributed by atoms with E-state index in [2.05, 4.69) is 36.1 Å². The second kappa shape index (κ2) is 10.4. The van der Waals surface area contributed by atoms with E-state index in [0.717, 1.165) is 37.1 Å². The zero-order valence-corrected chi connectivity index (χ0v) is 9.99. The van der Waals surface area contributed by atoms with Gasteiger partial charge in [-0.15, -0.1) is 6.58 Å². The Morgan fingerprint density at radius 2 is 2.00 bits per heavy atom. The molecular weight excluding hydrogens is 194 g/mol. The molecule has 0 aliphatic heterocycles. The summed E-state index contributed by atoms with van der Waals surface area (Å²) in [5, 5.41) is 6.37. The van der Waals surface area contributed by atoms with Crippen LogP contribution in [0.4, 0.5) is 0 Å². The molecule has 0 aromatic heterocycles. The second-order valence-electron chi connectivity index (χ2n) is 2.65. The van der Waals surface area contributed by atoms with E-state index in [4.69, 9.17) is 0 Å². The van der Waals surface area contributed by atoms with Crippen molar-refractivity contribution in [2.24, 2.45) is 4.99 Å². The van der Waals surface area contributed by atoms with E-state index in [0.29, 0.717) is 0 Å². The quantitative estimate of drug-likeness (QED) is 0.292. The molecule has 0 saturated heterocycles. The van der Waals surface area contributed by atoms with E-state index in [1.165, 1.54) is 0 Å². The highest BCUT2D eigenvalue weighted by Crippen LogP contribution is 1.98. The average Bonchev–Trinajstić information content (AvgIpc) is 2.18. The molecule has 0 heterocycles. The molecule has 0 aliphatic carbocycles. The van der Waals surface area contributed by atoms with Gasteiger partial charge in [0.1, 0.15) is 0 Å². The summed E-state index contributed by atoms with van der Waals surface area (Å²) in [4.78, 5) is 4.41. The molecule has 0 amide bonds. The molecule has 4 heteroatoms. The molecule has 0 bridgehead atoms. The van der Waals surface area contributed by atoms with Crippen molar-refractivity contribution in [3.8, 4) is 0 Å². The van der Waals surface area contributed by atoms with Gasteiger partial charge < -0.3 is 10.6 Å². The Balaban J connectivity index is 3.60. The van der Waals surface area contributed by atoms with Gasteiger partial charge in [0.15, 0.2) is 5.96 Å². The topological polar surface area (TPSA) is 36.4 Å². The zero-order valence-electron chi connectivity index (χ0n) is 9.18. The van der Waals surface area contributed by atoms with Crippen molar-refractivity contribution in [2.75, 3.05) is 31.1 Å². The summed E-state index contributed by atoms with van der Waals surface area (Å²) in [6.45, 7) is 10.5. The van der Waals surface area contributed by atoms with E-state index < -0.39 is 0 Å². The first-order valence-corrected chi connectivity index (χ1v) is 6.21. The molecule has 0 aliphatic rings. The molecule has 0 atom stereocenters. The summed E-state index contributed by atoms with van der Waals surface area (Å²) in [5.74, 6) is 2.97. The van der Waals surface area contributed by atoms with Crippen molar-refractivity contribution in [1.29, 1.82) is 0 Å². The summed E-state index contributed by atoms with van der Waals surface area (Å²) in [5.41, 5.74) is 0. The molecule has 0 aromatic rings. The van der Waals surface area contributed by atoms with Crippen LogP contribution in [-0.2, 0) is 0 Å². The molecule has 0 saturated carbocycles. The van der Waals surface area contributed by atoms with Gasteiger partial charge in [0.25, 0.3) is 0 Å². The van der Waals surface area contributed by atoms with Gasteiger partial charge in [-0.2, -0.15) is 11.8 Å². The summed E-state index contributed by atoms with van der Waals surface area (Å²) >= 11 is 1.85. The Bertz CT molecular complexity index is 161. The molecule has 0 fully saturated rings. The highest BCUT2D eigenvalue weighted by molar-refractivity contribution is 7.99. The molecule has 0 spiro atoms. The van der Waals surface area contributed by atoms with E-state index in [1.807, 2.05) is 17.8 Å². The number of guanidine groups is 1. The molecule has 2 N–H and O–H groups in total. The number of aliphatic imine (C=N–C) groups is 1. The van der Waals surface area contributed by atoms with Gasteiger partial charge in [0, 0.05) is 24.6 Å². The number of nitrogens with one attached hydrogen (secondary N) is 2. The van der Waals surface area contributed by atoms with Gasteiger partial charge in [-0.05, 0) is 13.8 Å². The maximum atomic E-state index is 4.41. The third-order valence-electron chi connectivity index (χ3n) is 1.43. The molecule has 14 heavy (non-hydrogen) atoms. The monoisotopic (exact) mass is 215 g/mol. The van der Waals surface area contributed by atoms with Gasteiger partial charge in [0.2, 0.25) is 0 Å². The largest absolute Gasteiger partial charge is 0.357 e. The molecule has 0 radical (unpaired) electrons. The predicted molar refractivity (Wildman–Crippen MR) is 67.2 cm³/mol. The smallest absolute Gasteiger partial charge is 0.191 e. The van der Waals surface area contributed by atoms with Crippen molar-refractivity contribution in [3.63, 3.8) is 0 Å². The molecule has 0 rings (SSSR count). The maximum absolute atomic E-state index is 4.41. The van der Waals surface area contributed by atoms with E-state index in [9.17, 15) is 0 Å². The van der Waals surface area contributed by atoms with Crippen LogP contribution in [0.2, 0.25) is 0 Å². The highest BCUT2D eigenvalue weighted by atomic mass is 32.2. The number of hydrogen-bond donors (Lipinski definition) is 2. The van der Waals surface area contributed by atoms with Crippen molar-refractivity contribution < 1.29 is 0 Å². The van der Waals surface area contributed by atoms with Crippen LogP contribution >= 0.6 is 11.8 Å². The fraction of sp³-hybridized carbons (Fsp3) is 0.700. The van der Waals surface area contributed by atoms with Crippen molar-refractivity contribution >= 4 is 17.7 Å². The Morgan fingerprint density at radius 1 is 1.36 bits per heavy atom. The standard InChI is InChI=1S/C10H21N3S/c1-4-8-14-9-7-13-10(11-5-2)12-6-3/h4H,1,5-9H2,2-3H3,(H2,11,12,13). The fourth-order valence-corrected chi connectivity index (χ4v) is 1.45. The van der Waals surface area contributed by atoms with Crippen molar-refractivity contribution in [1.82, 2.24) is 10.6 Å². The SMILES string of the molecule is C=CCSCCN=C(NCC)NCC. The van der Waals surface area contributed by atoms with Crippen LogP contribution < -0.4 is 10.6 Å². The first-order valence-electron chi connectivity index (χ1n) is 5.06. The van der Waals surface area contributed by atoms with Gasteiger partial charge >= 0.3 is 0 Å². The Hall–Kier alpha value is -0.640. The lowest BCUT2D eigenvalue weighted by Gasteiger charge is -2.08. The fourth-order valence-electron chi connectivity index (χ4n) is 0.898. The lowest BCUT2D eigenvalue weighted by Crippen LogP contribution is -2.37. The third kappa shape index (κ3) is 7.98. The Labute approximate surface area is 91.5 Å². The highest BCUT2D eigenvalue weighted by Gasteiger charge is 1.92. The minimum absolute atomic E-state index is 0.855. The lowest BCUT2D eigenvalue weighted by molar-refractivity contribution is 0.846. The van der Waals surface area contributed by atoms with E-state index >= 15 is 0 Å². The molecule has 82 valence electrons. The lowest BCUT2D eigenvalue weighted by atomic mass is 10.6. The Morgan fingerprint density at radius 3 is 2.50 bits per heavy atom. The van der Waals surface area contributed by atoms with Crippen molar-refractivity contribution in [2.45, 2.75) is 13.8 Å². The summed E-state index contributed by atoms with van der Waals surface area (Å²) in [7, 11) is 0. The van der Waals surface area contributed by atoms with Gasteiger partial charge in [-0.25, -0.2) is 0 Å². The molecule has 3 nitrogen and oxygen atoms in total. The van der Waals surface area contributed by atoms with Crippen LogP contribution in [0, 0.1) is 0 Å². The first-order chi connectivity index (χ1) is 6.85. The van der Waals surface area contributed by atoms with Crippen LogP contribution in [-0.4, -0.2) is 37.1 Å². The average molecular weight is 215 g/mol. The van der Waals surface area contributed by atoms with Crippen LogP contribution in [0.5, 0.6) is 0 Å². The third-order valence-corrected chi connectivity index (χ3v) is 2.37. The predicted octanol–water partition coefficient (Wildman–Crippen LogP) is 1.48. The zero-order chi connectivity index (χ0) is 10.6. The number of thioether (sulfide) groups is 1. The first kappa shape index (κ1) is 13.4. The normalized spacial score (nSPS) is 9.29. The van der Waals surface area contributed by atoms with Gasteiger partial charge in [0.05, 0.1) is 6.54 Å². The van der Waals surface area contributed by atoms with Crippen LogP contribution in [0.15, 0.2) is 17.6 Å². The van der Waals surface area contributed by atoms with Crippen LogP contribution in [0.1, 0.15) is 13.8 Å². The van der Waals surface area contributed by atoms with Crippen LogP contribution in [0.25, 0.3) is 0 Å². The minimum atomic E-state index is 0.855. The van der Waals surface area contributed by atoms with Gasteiger partial charge in [-0.3, -0.25) is 4.99 Å². The number of nitrogens with zero attached hydrogens (tertiary/aromatic N) is 1. The van der Waals surface area contributed by atoms with Crippen LogP contribution in [0.3, 0.4) is 0 Å². The van der Waals surface area contributed by atoms with E-state index in [-0.39, 0.29) is 0 Å². The van der Waals surface area contributed by atoms with Gasteiger partial charge in [-0.1, -0.05) is 6.08 Å². The summed E-state index contributed by atoms with van der Waals surface area (Å²) in [6.07, 6.45) is 1.92. The Kier molecular flexibility index (Phi) is 9.96. The van der Waals surface area contributed by atoms with Crippen molar-refractivity contribution in [3.05, 3.63) is 12.7 Å². The summed E-state index contributed by atoms with van der Waals surface area (Å²) in [6, 6.07) is 0.